The number of amides is 1. The Morgan fingerprint density at radius 1 is 1.20 bits per heavy atom. The average Bonchev–Trinajstić information content (AvgIpc) is 2.98. The van der Waals surface area contributed by atoms with E-state index in [1.165, 1.54) is 16.9 Å². The third-order valence-corrected chi connectivity index (χ3v) is 5.55. The van der Waals surface area contributed by atoms with Gasteiger partial charge in [0.15, 0.2) is 6.61 Å². The fraction of sp³-hybridized carbons (Fsp3) is 0.368. The van der Waals surface area contributed by atoms with E-state index in [1.807, 2.05) is 24.3 Å². The van der Waals surface area contributed by atoms with Crippen molar-refractivity contribution in [1.29, 1.82) is 0 Å². The van der Waals surface area contributed by atoms with Crippen LogP contribution in [0.15, 0.2) is 24.3 Å². The zero-order chi connectivity index (χ0) is 17.8. The smallest absolute Gasteiger partial charge is 0.339 e. The van der Waals surface area contributed by atoms with E-state index in [0.29, 0.717) is 10.8 Å². The van der Waals surface area contributed by atoms with Gasteiger partial charge in [0.1, 0.15) is 10.8 Å². The number of fused-ring (bicyclic) bond motifs is 1. The highest BCUT2D eigenvalue weighted by Gasteiger charge is 2.26. The minimum absolute atomic E-state index is 0.146. The molecule has 1 aliphatic rings. The molecule has 25 heavy (non-hydrogen) atoms. The van der Waals surface area contributed by atoms with Crippen molar-refractivity contribution in [3.8, 4) is 5.75 Å². The number of nitrogens with one attached hydrogen (secondary N) is 1. The van der Waals surface area contributed by atoms with E-state index < -0.39 is 5.97 Å². The largest absolute Gasteiger partial charge is 0.484 e. The molecular formula is C19H21NO4S. The number of ether oxygens (including phenoxy) is 1. The molecule has 2 N–H and O–H groups in total. The summed E-state index contributed by atoms with van der Waals surface area (Å²) >= 11 is 1.38. The molecule has 0 unspecified atom stereocenters. The van der Waals surface area contributed by atoms with Crippen molar-refractivity contribution in [2.24, 2.45) is 0 Å². The standard InChI is InChI=1S/C19H21NO4S/c1-2-12-7-9-13(10-8-12)24-11-16(21)20-18-17(19(22)23)14-5-3-4-6-15(14)25-18/h7-10H,2-6,11H2,1H3,(H,20,21)(H,22,23). The predicted octanol–water partition coefficient (Wildman–Crippen LogP) is 3.91. The molecule has 1 aromatic heterocycles. The Hall–Kier alpha value is -2.34. The monoisotopic (exact) mass is 359 g/mol. The molecule has 0 saturated carbocycles. The van der Waals surface area contributed by atoms with Crippen LogP contribution in [0, 0.1) is 0 Å². The fourth-order valence-corrected chi connectivity index (χ4v) is 4.31. The highest BCUT2D eigenvalue weighted by Crippen LogP contribution is 2.38. The predicted molar refractivity (Wildman–Crippen MR) is 97.9 cm³/mol. The van der Waals surface area contributed by atoms with Gasteiger partial charge < -0.3 is 15.2 Å². The molecule has 0 radical (unpaired) electrons. The average molecular weight is 359 g/mol. The lowest BCUT2D eigenvalue weighted by Crippen LogP contribution is -2.21. The van der Waals surface area contributed by atoms with Crippen LogP contribution in [-0.2, 0) is 24.1 Å². The number of aromatic carboxylic acids is 1. The zero-order valence-electron chi connectivity index (χ0n) is 14.1. The highest BCUT2D eigenvalue weighted by atomic mass is 32.1. The molecule has 132 valence electrons. The second-order valence-corrected chi connectivity index (χ2v) is 7.16. The first kappa shape index (κ1) is 17.5. The number of hydrogen-bond donors (Lipinski definition) is 2. The zero-order valence-corrected chi connectivity index (χ0v) is 14.9. The van der Waals surface area contributed by atoms with Gasteiger partial charge in [0, 0.05) is 4.88 Å². The summed E-state index contributed by atoms with van der Waals surface area (Å²) in [5, 5.41) is 12.6. The molecule has 0 fully saturated rings. The van der Waals surface area contributed by atoms with Crippen LogP contribution in [0.4, 0.5) is 5.00 Å². The van der Waals surface area contributed by atoms with Crippen LogP contribution in [0.5, 0.6) is 5.75 Å². The molecule has 1 aliphatic carbocycles. The Kier molecular flexibility index (Phi) is 5.38. The minimum Gasteiger partial charge on any atom is -0.484 e. The van der Waals surface area contributed by atoms with Crippen molar-refractivity contribution < 1.29 is 19.4 Å². The van der Waals surface area contributed by atoms with Crippen LogP contribution in [0.3, 0.4) is 0 Å². The van der Waals surface area contributed by atoms with E-state index in [9.17, 15) is 14.7 Å². The van der Waals surface area contributed by atoms with Gasteiger partial charge in [-0.25, -0.2) is 4.79 Å². The number of carboxylic acid groups (broad SMARTS) is 1. The molecule has 0 spiro atoms. The Morgan fingerprint density at radius 3 is 2.60 bits per heavy atom. The number of carbonyl (C=O) groups excluding carboxylic acids is 1. The molecule has 0 atom stereocenters. The SMILES string of the molecule is CCc1ccc(OCC(=O)Nc2sc3c(c2C(=O)O)CCCC3)cc1. The van der Waals surface area contributed by atoms with E-state index in [-0.39, 0.29) is 18.1 Å². The van der Waals surface area contributed by atoms with Crippen molar-refractivity contribution in [1.82, 2.24) is 0 Å². The summed E-state index contributed by atoms with van der Waals surface area (Å²) in [5.74, 6) is -0.706. The van der Waals surface area contributed by atoms with Crippen LogP contribution in [-0.4, -0.2) is 23.6 Å². The second-order valence-electron chi connectivity index (χ2n) is 6.05. The number of benzene rings is 1. The topological polar surface area (TPSA) is 75.6 Å². The molecule has 0 saturated heterocycles. The number of aryl methyl sites for hydroxylation is 2. The summed E-state index contributed by atoms with van der Waals surface area (Å²) in [5.41, 5.74) is 2.34. The first-order valence-corrected chi connectivity index (χ1v) is 9.29. The van der Waals surface area contributed by atoms with Gasteiger partial charge in [-0.05, 0) is 55.4 Å². The fourth-order valence-electron chi connectivity index (χ4n) is 3.01. The molecule has 5 nitrogen and oxygen atoms in total. The summed E-state index contributed by atoms with van der Waals surface area (Å²) < 4.78 is 5.49. The Bertz CT molecular complexity index is 779. The lowest BCUT2D eigenvalue weighted by atomic mass is 9.95. The third kappa shape index (κ3) is 4.02. The van der Waals surface area contributed by atoms with Gasteiger partial charge in [-0.1, -0.05) is 19.1 Å². The van der Waals surface area contributed by atoms with Crippen LogP contribution in [0.2, 0.25) is 0 Å². The van der Waals surface area contributed by atoms with E-state index in [4.69, 9.17) is 4.74 Å². The van der Waals surface area contributed by atoms with Crippen molar-refractivity contribution in [2.75, 3.05) is 11.9 Å². The van der Waals surface area contributed by atoms with Crippen LogP contribution in [0.25, 0.3) is 0 Å². The summed E-state index contributed by atoms with van der Waals surface area (Å²) in [6.45, 7) is 1.93. The summed E-state index contributed by atoms with van der Waals surface area (Å²) in [6, 6.07) is 7.59. The van der Waals surface area contributed by atoms with Crippen molar-refractivity contribution in [3.63, 3.8) is 0 Å². The first-order chi connectivity index (χ1) is 12.1. The molecule has 2 aromatic rings. The van der Waals surface area contributed by atoms with Gasteiger partial charge in [-0.2, -0.15) is 0 Å². The quantitative estimate of drug-likeness (QED) is 0.820. The van der Waals surface area contributed by atoms with Crippen molar-refractivity contribution >= 4 is 28.2 Å². The van der Waals surface area contributed by atoms with Gasteiger partial charge in [0.25, 0.3) is 5.91 Å². The lowest BCUT2D eigenvalue weighted by molar-refractivity contribution is -0.118. The van der Waals surface area contributed by atoms with Crippen LogP contribution < -0.4 is 10.1 Å². The van der Waals surface area contributed by atoms with Crippen molar-refractivity contribution in [3.05, 3.63) is 45.8 Å². The van der Waals surface area contributed by atoms with Gasteiger partial charge in [0.2, 0.25) is 0 Å². The summed E-state index contributed by atoms with van der Waals surface area (Å²) in [7, 11) is 0. The minimum atomic E-state index is -0.981. The number of thiophene rings is 1. The molecule has 0 aliphatic heterocycles. The van der Waals surface area contributed by atoms with Gasteiger partial charge >= 0.3 is 5.97 Å². The number of carbonyl (C=O) groups is 2. The Labute approximate surface area is 150 Å². The lowest BCUT2D eigenvalue weighted by Gasteiger charge is -2.10. The number of anilines is 1. The van der Waals surface area contributed by atoms with E-state index in [1.54, 1.807) is 0 Å². The first-order valence-electron chi connectivity index (χ1n) is 8.48. The normalized spacial score (nSPS) is 13.2. The summed E-state index contributed by atoms with van der Waals surface area (Å²) in [4.78, 5) is 24.9. The molecule has 3 rings (SSSR count). The Morgan fingerprint density at radius 2 is 1.92 bits per heavy atom. The third-order valence-electron chi connectivity index (χ3n) is 4.34. The van der Waals surface area contributed by atoms with Crippen molar-refractivity contribution in [2.45, 2.75) is 39.0 Å². The van der Waals surface area contributed by atoms with Crippen LogP contribution in [0.1, 0.15) is 46.1 Å². The van der Waals surface area contributed by atoms with Gasteiger partial charge in [-0.15, -0.1) is 11.3 Å². The molecular weight excluding hydrogens is 338 g/mol. The van der Waals surface area contributed by atoms with Crippen LogP contribution >= 0.6 is 11.3 Å². The van der Waals surface area contributed by atoms with E-state index >= 15 is 0 Å². The molecule has 1 heterocycles. The maximum absolute atomic E-state index is 12.2. The second kappa shape index (κ2) is 7.70. The maximum atomic E-state index is 12.2. The Balaban J connectivity index is 1.66. The van der Waals surface area contributed by atoms with E-state index in [2.05, 4.69) is 12.2 Å². The molecule has 0 bridgehead atoms. The highest BCUT2D eigenvalue weighted by molar-refractivity contribution is 7.17. The molecule has 1 amide bonds. The van der Waals surface area contributed by atoms with Gasteiger partial charge in [0.05, 0.1) is 5.56 Å². The number of rotatable bonds is 6. The molecule has 1 aromatic carbocycles. The number of carboxylic acids is 1. The van der Waals surface area contributed by atoms with E-state index in [0.717, 1.165) is 42.5 Å². The maximum Gasteiger partial charge on any atom is 0.339 e. The summed E-state index contributed by atoms with van der Waals surface area (Å²) in [6.07, 6.45) is 4.66. The van der Waals surface area contributed by atoms with Gasteiger partial charge in [-0.3, -0.25) is 4.79 Å². The number of hydrogen-bond acceptors (Lipinski definition) is 4. The molecule has 6 heteroatoms.